The Morgan fingerprint density at radius 3 is 2.53 bits per heavy atom. The van der Waals surface area contributed by atoms with E-state index in [1.54, 1.807) is 12.1 Å². The predicted molar refractivity (Wildman–Crippen MR) is 103 cm³/mol. The second kappa shape index (κ2) is 7.28. The fraction of sp³-hybridized carbons (Fsp3) is 0.200. The lowest BCUT2D eigenvalue weighted by molar-refractivity contribution is 0.391. The van der Waals surface area contributed by atoms with Gasteiger partial charge in [0.05, 0.1) is 16.7 Å². The van der Waals surface area contributed by atoms with Gasteiger partial charge in [-0.05, 0) is 43.2 Å². The summed E-state index contributed by atoms with van der Waals surface area (Å²) in [6, 6.07) is 7.49. The standard InChI is InChI=1S/C20H13F3N4O2S/c21-11-3-1-10(2-4-11)18-25-17(29-26-18)9-30-20-24-16-8-15(23)14(22)7-13(16)19(28)27(20)12-5-6-12/h1-4,7-8,12H,5-6,9H2. The first-order valence-corrected chi connectivity index (χ1v) is 10.1. The second-order valence-corrected chi connectivity index (χ2v) is 7.83. The Labute approximate surface area is 171 Å². The highest BCUT2D eigenvalue weighted by atomic mass is 32.2. The van der Waals surface area contributed by atoms with Gasteiger partial charge in [-0.2, -0.15) is 4.98 Å². The van der Waals surface area contributed by atoms with Gasteiger partial charge in [-0.1, -0.05) is 16.9 Å². The van der Waals surface area contributed by atoms with Crippen LogP contribution in [0.5, 0.6) is 0 Å². The van der Waals surface area contributed by atoms with Crippen molar-refractivity contribution in [2.75, 3.05) is 0 Å². The molecule has 1 aliphatic rings. The Kier molecular flexibility index (Phi) is 4.58. The normalized spacial score (nSPS) is 13.8. The Morgan fingerprint density at radius 2 is 1.80 bits per heavy atom. The number of halogens is 3. The number of nitrogens with zero attached hydrogens (tertiary/aromatic N) is 4. The molecular formula is C20H13F3N4O2S. The van der Waals surface area contributed by atoms with Crippen molar-refractivity contribution in [2.24, 2.45) is 0 Å². The maximum Gasteiger partial charge on any atom is 0.262 e. The van der Waals surface area contributed by atoms with E-state index in [0.29, 0.717) is 22.4 Å². The molecule has 1 fully saturated rings. The largest absolute Gasteiger partial charge is 0.338 e. The molecule has 0 bridgehead atoms. The van der Waals surface area contributed by atoms with Crippen LogP contribution < -0.4 is 5.56 Å². The first-order chi connectivity index (χ1) is 14.5. The summed E-state index contributed by atoms with van der Waals surface area (Å²) in [4.78, 5) is 21.5. The SMILES string of the molecule is O=c1c2cc(F)c(F)cc2nc(SCc2nc(-c3ccc(F)cc3)no2)n1C1CC1. The van der Waals surface area contributed by atoms with Crippen LogP contribution in [-0.4, -0.2) is 19.7 Å². The number of aromatic nitrogens is 4. The molecule has 10 heteroatoms. The lowest BCUT2D eigenvalue weighted by atomic mass is 10.2. The molecule has 0 spiro atoms. The summed E-state index contributed by atoms with van der Waals surface area (Å²) in [7, 11) is 0. The predicted octanol–water partition coefficient (Wildman–Crippen LogP) is 4.49. The van der Waals surface area contributed by atoms with Crippen LogP contribution in [0.15, 0.2) is 50.9 Å². The molecule has 0 amide bonds. The monoisotopic (exact) mass is 430 g/mol. The fourth-order valence-corrected chi connectivity index (χ4v) is 3.99. The molecule has 5 rings (SSSR count). The minimum absolute atomic E-state index is 0.0116. The smallest absolute Gasteiger partial charge is 0.262 e. The molecule has 1 saturated carbocycles. The Bertz CT molecular complexity index is 1320. The van der Waals surface area contributed by atoms with Gasteiger partial charge in [-0.15, -0.1) is 0 Å². The highest BCUT2D eigenvalue weighted by Gasteiger charge is 2.29. The van der Waals surface area contributed by atoms with Crippen molar-refractivity contribution in [3.8, 4) is 11.4 Å². The van der Waals surface area contributed by atoms with Gasteiger partial charge in [0.25, 0.3) is 5.56 Å². The van der Waals surface area contributed by atoms with Crippen LogP contribution in [0.3, 0.4) is 0 Å². The van der Waals surface area contributed by atoms with Gasteiger partial charge in [-0.25, -0.2) is 18.2 Å². The van der Waals surface area contributed by atoms with Crippen LogP contribution in [0.4, 0.5) is 13.2 Å². The molecule has 1 aliphatic carbocycles. The van der Waals surface area contributed by atoms with E-state index in [9.17, 15) is 18.0 Å². The highest BCUT2D eigenvalue weighted by Crippen LogP contribution is 2.37. The number of hydrogen-bond donors (Lipinski definition) is 0. The Balaban J connectivity index is 1.45. The van der Waals surface area contributed by atoms with Crippen molar-refractivity contribution < 1.29 is 17.7 Å². The number of hydrogen-bond acceptors (Lipinski definition) is 6. The molecule has 6 nitrogen and oxygen atoms in total. The molecule has 152 valence electrons. The van der Waals surface area contributed by atoms with Gasteiger partial charge in [0.15, 0.2) is 16.8 Å². The quantitative estimate of drug-likeness (QED) is 0.343. The molecule has 30 heavy (non-hydrogen) atoms. The average Bonchev–Trinajstić information content (AvgIpc) is 3.45. The van der Waals surface area contributed by atoms with Crippen LogP contribution in [0.1, 0.15) is 24.8 Å². The topological polar surface area (TPSA) is 73.8 Å². The number of thioether (sulfide) groups is 1. The summed E-state index contributed by atoms with van der Waals surface area (Å²) in [6.07, 6.45) is 1.64. The van der Waals surface area contributed by atoms with Gasteiger partial charge in [-0.3, -0.25) is 9.36 Å². The van der Waals surface area contributed by atoms with E-state index in [-0.39, 0.29) is 28.5 Å². The molecule has 0 atom stereocenters. The van der Waals surface area contributed by atoms with Gasteiger partial charge in [0.1, 0.15) is 5.82 Å². The maximum atomic E-state index is 13.6. The molecule has 2 aromatic carbocycles. The van der Waals surface area contributed by atoms with Crippen LogP contribution in [0.25, 0.3) is 22.3 Å². The molecular weight excluding hydrogens is 417 g/mol. The van der Waals surface area contributed by atoms with Crippen molar-refractivity contribution in [1.82, 2.24) is 19.7 Å². The molecule has 2 aromatic heterocycles. The van der Waals surface area contributed by atoms with Crippen molar-refractivity contribution in [3.05, 3.63) is 70.1 Å². The molecule has 4 aromatic rings. The first-order valence-electron chi connectivity index (χ1n) is 9.12. The average molecular weight is 430 g/mol. The van der Waals surface area contributed by atoms with E-state index in [0.717, 1.165) is 25.0 Å². The summed E-state index contributed by atoms with van der Waals surface area (Å²) in [5, 5.41) is 4.31. The lowest BCUT2D eigenvalue weighted by Crippen LogP contribution is -2.22. The maximum absolute atomic E-state index is 13.6. The van der Waals surface area contributed by atoms with E-state index in [1.807, 2.05) is 0 Å². The zero-order valence-corrected chi connectivity index (χ0v) is 16.1. The summed E-state index contributed by atoms with van der Waals surface area (Å²) in [6.45, 7) is 0. The van der Waals surface area contributed by atoms with E-state index in [4.69, 9.17) is 4.52 Å². The highest BCUT2D eigenvalue weighted by molar-refractivity contribution is 7.98. The molecule has 2 heterocycles. The third kappa shape index (κ3) is 3.47. The zero-order valence-electron chi connectivity index (χ0n) is 15.3. The van der Waals surface area contributed by atoms with Crippen LogP contribution in [-0.2, 0) is 5.75 Å². The second-order valence-electron chi connectivity index (χ2n) is 6.89. The lowest BCUT2D eigenvalue weighted by Gasteiger charge is -2.11. The molecule has 0 N–H and O–H groups in total. The number of fused-ring (bicyclic) bond motifs is 1. The zero-order chi connectivity index (χ0) is 20.8. The van der Waals surface area contributed by atoms with Crippen molar-refractivity contribution >= 4 is 22.7 Å². The summed E-state index contributed by atoms with van der Waals surface area (Å²) in [5.41, 5.74) is 0.296. The van der Waals surface area contributed by atoms with Crippen molar-refractivity contribution in [3.63, 3.8) is 0 Å². The van der Waals surface area contributed by atoms with Gasteiger partial charge in [0, 0.05) is 17.7 Å². The Hall–Kier alpha value is -3.14. The third-order valence-electron chi connectivity index (χ3n) is 4.72. The third-order valence-corrected chi connectivity index (χ3v) is 5.65. The van der Waals surface area contributed by atoms with Gasteiger partial charge >= 0.3 is 0 Å². The van der Waals surface area contributed by atoms with E-state index < -0.39 is 17.2 Å². The summed E-state index contributed by atoms with van der Waals surface area (Å²) >= 11 is 1.20. The van der Waals surface area contributed by atoms with Crippen LogP contribution >= 0.6 is 11.8 Å². The Morgan fingerprint density at radius 1 is 1.07 bits per heavy atom. The summed E-state index contributed by atoms with van der Waals surface area (Å²) < 4.78 is 47.1. The summed E-state index contributed by atoms with van der Waals surface area (Å²) in [5.74, 6) is -1.67. The van der Waals surface area contributed by atoms with Gasteiger partial charge < -0.3 is 4.52 Å². The fourth-order valence-electron chi connectivity index (χ4n) is 3.09. The minimum Gasteiger partial charge on any atom is -0.338 e. The molecule has 0 saturated heterocycles. The molecule has 0 radical (unpaired) electrons. The van der Waals surface area contributed by atoms with Gasteiger partial charge in [0.2, 0.25) is 11.7 Å². The minimum atomic E-state index is -1.08. The number of benzene rings is 2. The van der Waals surface area contributed by atoms with Crippen LogP contribution in [0.2, 0.25) is 0 Å². The first kappa shape index (κ1) is 18.9. The van der Waals surface area contributed by atoms with E-state index >= 15 is 0 Å². The van der Waals surface area contributed by atoms with Crippen molar-refractivity contribution in [1.29, 1.82) is 0 Å². The van der Waals surface area contributed by atoms with E-state index in [2.05, 4.69) is 15.1 Å². The van der Waals surface area contributed by atoms with E-state index in [1.165, 1.54) is 28.5 Å². The van der Waals surface area contributed by atoms with Crippen molar-refractivity contribution in [2.45, 2.75) is 29.8 Å². The van der Waals surface area contributed by atoms with Crippen LogP contribution in [0, 0.1) is 17.5 Å². The number of rotatable bonds is 5. The molecule has 0 unspecified atom stereocenters. The molecule has 0 aliphatic heterocycles.